The molecule has 0 N–H and O–H groups in total. The first-order valence-electron chi connectivity index (χ1n) is 9.88. The molecule has 21 heavy (non-hydrogen) atoms. The predicted molar refractivity (Wildman–Crippen MR) is 114 cm³/mol. The van der Waals surface area contributed by atoms with Crippen LogP contribution in [0.2, 0.25) is 0 Å². The molecule has 0 spiro atoms. The van der Waals surface area contributed by atoms with Crippen LogP contribution in [0, 0.1) is 5.92 Å². The van der Waals surface area contributed by atoms with Crippen LogP contribution in [0.3, 0.4) is 0 Å². The summed E-state index contributed by atoms with van der Waals surface area (Å²) in [5, 5.41) is 0. The zero-order chi connectivity index (χ0) is 19.7. The van der Waals surface area contributed by atoms with Gasteiger partial charge in [-0.1, -0.05) is 117 Å². The third-order valence-corrected chi connectivity index (χ3v) is 0.948. The lowest BCUT2D eigenvalue weighted by Crippen LogP contribution is -1.82. The monoisotopic (exact) mass is 308 g/mol. The number of allylic oxidation sites excluding steroid dienone is 1. The molecule has 0 aromatic heterocycles. The molecule has 0 aliphatic carbocycles. The lowest BCUT2D eigenvalue weighted by Gasteiger charge is -1.96. The third-order valence-electron chi connectivity index (χ3n) is 0.948. The van der Waals surface area contributed by atoms with Crippen molar-refractivity contribution in [3.8, 4) is 0 Å². The highest BCUT2D eigenvalue weighted by Gasteiger charge is 1.87. The highest BCUT2D eigenvalue weighted by atomic mass is 13.9. The standard InChI is InChI=1S/C7H14.7C2H6/c1-4-5-6-7(2)3;7*1-2/h4,7H,1,5-6H2,2-3H3;7*1-2H3. The lowest BCUT2D eigenvalue weighted by molar-refractivity contribution is 0.595. The Hall–Kier alpha value is -0.260. The van der Waals surface area contributed by atoms with E-state index < -0.39 is 0 Å². The molecule has 0 amide bonds. The normalized spacial score (nSPS) is 5.19. The van der Waals surface area contributed by atoms with Crippen LogP contribution in [-0.4, -0.2) is 0 Å². The Balaban J connectivity index is -0.0000000173. The average Bonchev–Trinajstić information content (AvgIpc) is 2.65. The molecule has 0 fully saturated rings. The fraction of sp³-hybridized carbons (Fsp3) is 0.905. The summed E-state index contributed by atoms with van der Waals surface area (Å²) in [6, 6.07) is 0. The minimum atomic E-state index is 0.831. The van der Waals surface area contributed by atoms with Gasteiger partial charge in [0, 0.05) is 0 Å². The molecule has 0 aliphatic rings. The summed E-state index contributed by atoms with van der Waals surface area (Å²) < 4.78 is 0. The van der Waals surface area contributed by atoms with Crippen molar-refractivity contribution in [1.82, 2.24) is 0 Å². The van der Waals surface area contributed by atoms with Crippen molar-refractivity contribution < 1.29 is 0 Å². The second kappa shape index (κ2) is 210. The van der Waals surface area contributed by atoms with Crippen LogP contribution < -0.4 is 0 Å². The first-order valence-corrected chi connectivity index (χ1v) is 9.88. The summed E-state index contributed by atoms with van der Waals surface area (Å²) >= 11 is 0. The van der Waals surface area contributed by atoms with Crippen molar-refractivity contribution >= 4 is 0 Å². The van der Waals surface area contributed by atoms with Crippen LogP contribution in [0.4, 0.5) is 0 Å². The number of hydrogen-bond acceptors (Lipinski definition) is 0. The molecule has 0 aliphatic heterocycles. The van der Waals surface area contributed by atoms with E-state index in [4.69, 9.17) is 0 Å². The summed E-state index contributed by atoms with van der Waals surface area (Å²) in [7, 11) is 0. The van der Waals surface area contributed by atoms with Crippen molar-refractivity contribution in [2.75, 3.05) is 0 Å². The summed E-state index contributed by atoms with van der Waals surface area (Å²) in [6.45, 7) is 36.1. The summed E-state index contributed by atoms with van der Waals surface area (Å²) in [5.74, 6) is 0.831. The maximum atomic E-state index is 3.63. The Bertz CT molecular complexity index is 44.0. The van der Waals surface area contributed by atoms with E-state index >= 15 is 0 Å². The van der Waals surface area contributed by atoms with Gasteiger partial charge in [-0.3, -0.25) is 0 Å². The van der Waals surface area contributed by atoms with Crippen LogP contribution >= 0.6 is 0 Å². The minimum absolute atomic E-state index is 0.831. The number of rotatable bonds is 3. The van der Waals surface area contributed by atoms with Crippen LogP contribution in [-0.2, 0) is 0 Å². The Morgan fingerprint density at radius 3 is 0.810 bits per heavy atom. The van der Waals surface area contributed by atoms with E-state index in [1.807, 2.05) is 103 Å². The van der Waals surface area contributed by atoms with E-state index in [1.54, 1.807) is 0 Å². The van der Waals surface area contributed by atoms with Gasteiger partial charge >= 0.3 is 0 Å². The van der Waals surface area contributed by atoms with E-state index in [0.29, 0.717) is 0 Å². The van der Waals surface area contributed by atoms with Crippen LogP contribution in [0.1, 0.15) is 124 Å². The molecule has 0 heterocycles. The van der Waals surface area contributed by atoms with Gasteiger partial charge in [0.25, 0.3) is 0 Å². The van der Waals surface area contributed by atoms with Crippen molar-refractivity contribution in [2.45, 2.75) is 124 Å². The van der Waals surface area contributed by atoms with Crippen molar-refractivity contribution in [3.05, 3.63) is 12.7 Å². The van der Waals surface area contributed by atoms with Gasteiger partial charge in [-0.25, -0.2) is 0 Å². The molecule has 0 radical (unpaired) electrons. The molecule has 0 aromatic carbocycles. The van der Waals surface area contributed by atoms with Crippen molar-refractivity contribution in [3.63, 3.8) is 0 Å². The largest absolute Gasteiger partial charge is 0.103 e. The van der Waals surface area contributed by atoms with Gasteiger partial charge in [0.15, 0.2) is 0 Å². The fourth-order valence-electron chi connectivity index (χ4n) is 0.451. The molecule has 0 unspecified atom stereocenters. The Morgan fingerprint density at radius 2 is 0.762 bits per heavy atom. The maximum Gasteiger partial charge on any atom is -0.0351 e. The third kappa shape index (κ3) is 444. The average molecular weight is 309 g/mol. The maximum absolute atomic E-state index is 3.63. The van der Waals surface area contributed by atoms with E-state index in [0.717, 1.165) is 12.3 Å². The molecular weight excluding hydrogens is 252 g/mol. The second-order valence-electron chi connectivity index (χ2n) is 2.26. The second-order valence-corrected chi connectivity index (χ2v) is 2.26. The Morgan fingerprint density at radius 1 is 0.571 bits per heavy atom. The van der Waals surface area contributed by atoms with E-state index in [9.17, 15) is 0 Å². The highest BCUT2D eigenvalue weighted by Crippen LogP contribution is 2.02. The summed E-state index contributed by atoms with van der Waals surface area (Å²) in [4.78, 5) is 0. The van der Waals surface area contributed by atoms with E-state index in [2.05, 4.69) is 20.4 Å². The van der Waals surface area contributed by atoms with Crippen molar-refractivity contribution in [2.24, 2.45) is 5.92 Å². The zero-order valence-electron chi connectivity index (χ0n) is 19.3. The Kier molecular flexibility index (Phi) is 499. The SMILES string of the molecule is C=CCCC(C)C.CC.CC.CC.CC.CC.CC.CC. The van der Waals surface area contributed by atoms with Crippen LogP contribution in [0.5, 0.6) is 0 Å². The Labute approximate surface area is 142 Å². The van der Waals surface area contributed by atoms with Crippen LogP contribution in [0.25, 0.3) is 0 Å². The van der Waals surface area contributed by atoms with E-state index in [-0.39, 0.29) is 0 Å². The molecule has 0 atom stereocenters. The van der Waals surface area contributed by atoms with Gasteiger partial charge in [0.05, 0.1) is 0 Å². The van der Waals surface area contributed by atoms with E-state index in [1.165, 1.54) is 6.42 Å². The first kappa shape index (κ1) is 49.8. The molecule has 0 heteroatoms. The van der Waals surface area contributed by atoms with Gasteiger partial charge in [0.2, 0.25) is 0 Å². The van der Waals surface area contributed by atoms with Gasteiger partial charge in [-0.15, -0.1) is 6.58 Å². The summed E-state index contributed by atoms with van der Waals surface area (Å²) in [5.41, 5.74) is 0. The molecule has 0 nitrogen and oxygen atoms in total. The van der Waals surface area contributed by atoms with Gasteiger partial charge in [0.1, 0.15) is 0 Å². The molecule has 0 rings (SSSR count). The van der Waals surface area contributed by atoms with Gasteiger partial charge in [-0.05, 0) is 18.8 Å². The first-order chi connectivity index (χ1) is 10.3. The van der Waals surface area contributed by atoms with Gasteiger partial charge in [-0.2, -0.15) is 0 Å². The quantitative estimate of drug-likeness (QED) is 0.455. The smallest absolute Gasteiger partial charge is 0.0351 e. The molecule has 0 saturated heterocycles. The lowest BCUT2D eigenvalue weighted by atomic mass is 10.1. The summed E-state index contributed by atoms with van der Waals surface area (Å²) in [6.07, 6.45) is 4.42. The number of hydrogen-bond donors (Lipinski definition) is 0. The zero-order valence-corrected chi connectivity index (χ0v) is 19.3. The fourth-order valence-corrected chi connectivity index (χ4v) is 0.451. The molecule has 0 bridgehead atoms. The van der Waals surface area contributed by atoms with Crippen LogP contribution in [0.15, 0.2) is 12.7 Å². The highest BCUT2D eigenvalue weighted by molar-refractivity contribution is 4.66. The minimum Gasteiger partial charge on any atom is -0.103 e. The van der Waals surface area contributed by atoms with Crippen molar-refractivity contribution in [1.29, 1.82) is 0 Å². The topological polar surface area (TPSA) is 0 Å². The molecular formula is C21H56. The predicted octanol–water partition coefficient (Wildman–Crippen LogP) is 9.79. The molecule has 0 aromatic rings. The molecule has 0 saturated carbocycles. The van der Waals surface area contributed by atoms with Gasteiger partial charge < -0.3 is 0 Å². The molecule has 140 valence electrons.